The molecule has 1 aliphatic rings. The van der Waals surface area contributed by atoms with Crippen molar-refractivity contribution in [2.75, 3.05) is 36.5 Å². The number of anilines is 2. The Morgan fingerprint density at radius 2 is 1.58 bits per heavy atom. The molecule has 0 atom stereocenters. The molecule has 0 radical (unpaired) electrons. The Bertz CT molecular complexity index is 833. The van der Waals surface area contributed by atoms with Crippen LogP contribution in [-0.4, -0.2) is 36.3 Å². The Kier molecular flexibility index (Phi) is 5.07. The van der Waals surface area contributed by atoms with Gasteiger partial charge in [0.25, 0.3) is 0 Å². The van der Waals surface area contributed by atoms with Crippen molar-refractivity contribution >= 4 is 11.8 Å². The smallest absolute Gasteiger partial charge is 0.228 e. The number of hydrogen-bond acceptors (Lipinski definition) is 5. The van der Waals surface area contributed by atoms with Gasteiger partial charge in [0.15, 0.2) is 0 Å². The van der Waals surface area contributed by atoms with Gasteiger partial charge in [-0.25, -0.2) is 4.98 Å². The first-order valence-electron chi connectivity index (χ1n) is 8.93. The first-order chi connectivity index (χ1) is 12.9. The van der Waals surface area contributed by atoms with Crippen LogP contribution in [0.25, 0.3) is 11.3 Å². The molecule has 5 heteroatoms. The molecule has 0 amide bonds. The molecule has 0 saturated carbocycles. The van der Waals surface area contributed by atoms with Crippen LogP contribution in [0.5, 0.6) is 0 Å². The number of aromatic nitrogens is 2. The Morgan fingerprint density at radius 1 is 0.885 bits per heavy atom. The second kappa shape index (κ2) is 7.97. The average molecular weight is 346 g/mol. The molecule has 2 heterocycles. The number of benzene rings is 2. The highest BCUT2D eigenvalue weighted by atomic mass is 16.5. The van der Waals surface area contributed by atoms with Crippen molar-refractivity contribution in [3.05, 3.63) is 72.3 Å². The van der Waals surface area contributed by atoms with Crippen LogP contribution in [0, 0.1) is 0 Å². The van der Waals surface area contributed by atoms with E-state index in [-0.39, 0.29) is 0 Å². The molecule has 0 spiro atoms. The van der Waals surface area contributed by atoms with Crippen molar-refractivity contribution in [2.45, 2.75) is 6.54 Å². The van der Waals surface area contributed by atoms with Gasteiger partial charge in [-0.3, -0.25) is 0 Å². The van der Waals surface area contributed by atoms with E-state index in [9.17, 15) is 0 Å². The molecule has 0 bridgehead atoms. The zero-order valence-electron chi connectivity index (χ0n) is 14.6. The number of nitrogens with zero attached hydrogens (tertiary/aromatic N) is 3. The molecule has 1 aromatic heterocycles. The Balaban J connectivity index is 1.63. The summed E-state index contributed by atoms with van der Waals surface area (Å²) in [5, 5.41) is 3.44. The maximum Gasteiger partial charge on any atom is 0.228 e. The Hall–Kier alpha value is -2.92. The summed E-state index contributed by atoms with van der Waals surface area (Å²) >= 11 is 0. The normalized spacial score (nSPS) is 14.2. The topological polar surface area (TPSA) is 50.3 Å². The number of rotatable bonds is 5. The lowest BCUT2D eigenvalue weighted by atomic mass is 10.1. The lowest BCUT2D eigenvalue weighted by Crippen LogP contribution is -2.37. The molecular weight excluding hydrogens is 324 g/mol. The number of ether oxygens (including phenoxy) is 1. The van der Waals surface area contributed by atoms with Crippen LogP contribution in [0.2, 0.25) is 0 Å². The lowest BCUT2D eigenvalue weighted by Gasteiger charge is -2.27. The number of nitrogens with one attached hydrogen (secondary N) is 1. The molecule has 1 saturated heterocycles. The summed E-state index contributed by atoms with van der Waals surface area (Å²) in [5.41, 5.74) is 3.24. The molecule has 2 aromatic carbocycles. The maximum atomic E-state index is 5.46. The summed E-state index contributed by atoms with van der Waals surface area (Å²) < 4.78 is 5.46. The van der Waals surface area contributed by atoms with E-state index in [0.717, 1.165) is 42.7 Å². The van der Waals surface area contributed by atoms with Crippen molar-refractivity contribution in [3.8, 4) is 11.3 Å². The van der Waals surface area contributed by atoms with E-state index in [1.54, 1.807) is 0 Å². The van der Waals surface area contributed by atoms with Crippen molar-refractivity contribution in [3.63, 3.8) is 0 Å². The van der Waals surface area contributed by atoms with Gasteiger partial charge in [0, 0.05) is 31.3 Å². The fraction of sp³-hybridized carbons (Fsp3) is 0.238. The summed E-state index contributed by atoms with van der Waals surface area (Å²) in [4.78, 5) is 11.7. The minimum atomic E-state index is 0.714. The third-order valence-electron chi connectivity index (χ3n) is 4.39. The van der Waals surface area contributed by atoms with E-state index in [4.69, 9.17) is 14.7 Å². The van der Waals surface area contributed by atoms with Crippen LogP contribution in [0.4, 0.5) is 11.8 Å². The van der Waals surface area contributed by atoms with E-state index in [2.05, 4.69) is 34.5 Å². The largest absolute Gasteiger partial charge is 0.378 e. The molecular formula is C21H22N4O. The lowest BCUT2D eigenvalue weighted by molar-refractivity contribution is 0.122. The van der Waals surface area contributed by atoms with Gasteiger partial charge in [0.1, 0.15) is 5.82 Å². The minimum Gasteiger partial charge on any atom is -0.378 e. The second-order valence-electron chi connectivity index (χ2n) is 6.24. The SMILES string of the molecule is c1ccc(CNc2cc(-c3ccccc3)nc(N3CCOCC3)n2)cc1. The Labute approximate surface area is 153 Å². The molecule has 3 aromatic rings. The van der Waals surface area contributed by atoms with Crippen molar-refractivity contribution in [1.82, 2.24) is 9.97 Å². The average Bonchev–Trinajstić information content (AvgIpc) is 2.74. The molecule has 26 heavy (non-hydrogen) atoms. The first kappa shape index (κ1) is 16.5. The highest BCUT2D eigenvalue weighted by Gasteiger charge is 2.16. The van der Waals surface area contributed by atoms with Crippen LogP contribution in [0.1, 0.15) is 5.56 Å². The third-order valence-corrected chi connectivity index (χ3v) is 4.39. The predicted octanol–water partition coefficient (Wildman–Crippen LogP) is 3.59. The van der Waals surface area contributed by atoms with E-state index in [1.807, 2.05) is 42.5 Å². The number of hydrogen-bond donors (Lipinski definition) is 1. The van der Waals surface area contributed by atoms with Gasteiger partial charge in [-0.15, -0.1) is 0 Å². The van der Waals surface area contributed by atoms with Crippen LogP contribution in [-0.2, 0) is 11.3 Å². The van der Waals surface area contributed by atoms with E-state index in [1.165, 1.54) is 5.56 Å². The second-order valence-corrected chi connectivity index (χ2v) is 6.24. The van der Waals surface area contributed by atoms with Gasteiger partial charge < -0.3 is 15.0 Å². The summed E-state index contributed by atoms with van der Waals surface area (Å²) in [6.45, 7) is 3.79. The van der Waals surface area contributed by atoms with E-state index < -0.39 is 0 Å². The maximum absolute atomic E-state index is 5.46. The standard InChI is InChI=1S/C21H22N4O/c1-3-7-17(8-4-1)16-22-20-15-19(18-9-5-2-6-10-18)23-21(24-20)25-11-13-26-14-12-25/h1-10,15H,11-14,16H2,(H,22,23,24). The molecule has 1 N–H and O–H groups in total. The summed E-state index contributed by atoms with van der Waals surface area (Å²) in [5.74, 6) is 1.59. The van der Waals surface area contributed by atoms with E-state index in [0.29, 0.717) is 13.2 Å². The van der Waals surface area contributed by atoms with Gasteiger partial charge in [-0.05, 0) is 5.56 Å². The van der Waals surface area contributed by atoms with Gasteiger partial charge >= 0.3 is 0 Å². The third kappa shape index (κ3) is 4.00. The Morgan fingerprint density at radius 3 is 2.31 bits per heavy atom. The number of morpholine rings is 1. The molecule has 4 rings (SSSR count). The minimum absolute atomic E-state index is 0.714. The van der Waals surface area contributed by atoms with Gasteiger partial charge in [-0.2, -0.15) is 4.98 Å². The van der Waals surface area contributed by atoms with Crippen LogP contribution >= 0.6 is 0 Å². The monoisotopic (exact) mass is 346 g/mol. The van der Waals surface area contributed by atoms with Crippen molar-refractivity contribution < 1.29 is 4.74 Å². The van der Waals surface area contributed by atoms with Gasteiger partial charge in [0.2, 0.25) is 5.95 Å². The summed E-state index contributed by atoms with van der Waals surface area (Å²) in [6.07, 6.45) is 0. The summed E-state index contributed by atoms with van der Waals surface area (Å²) in [6, 6.07) is 22.6. The molecule has 5 nitrogen and oxygen atoms in total. The van der Waals surface area contributed by atoms with Gasteiger partial charge in [-0.1, -0.05) is 60.7 Å². The van der Waals surface area contributed by atoms with Crippen LogP contribution < -0.4 is 10.2 Å². The van der Waals surface area contributed by atoms with Crippen molar-refractivity contribution in [1.29, 1.82) is 0 Å². The molecule has 1 aliphatic heterocycles. The predicted molar refractivity (Wildman–Crippen MR) is 104 cm³/mol. The first-order valence-corrected chi connectivity index (χ1v) is 8.93. The summed E-state index contributed by atoms with van der Waals surface area (Å²) in [7, 11) is 0. The molecule has 132 valence electrons. The highest BCUT2D eigenvalue weighted by molar-refractivity contribution is 5.64. The van der Waals surface area contributed by atoms with Crippen molar-refractivity contribution in [2.24, 2.45) is 0 Å². The fourth-order valence-electron chi connectivity index (χ4n) is 2.98. The zero-order valence-corrected chi connectivity index (χ0v) is 14.6. The quantitative estimate of drug-likeness (QED) is 0.765. The molecule has 0 aliphatic carbocycles. The van der Waals surface area contributed by atoms with Crippen LogP contribution in [0.3, 0.4) is 0 Å². The van der Waals surface area contributed by atoms with Crippen LogP contribution in [0.15, 0.2) is 66.7 Å². The highest BCUT2D eigenvalue weighted by Crippen LogP contribution is 2.23. The molecule has 0 unspecified atom stereocenters. The van der Waals surface area contributed by atoms with Gasteiger partial charge in [0.05, 0.1) is 18.9 Å². The zero-order chi connectivity index (χ0) is 17.6. The molecule has 1 fully saturated rings. The van der Waals surface area contributed by atoms with E-state index >= 15 is 0 Å². The fourth-order valence-corrected chi connectivity index (χ4v) is 2.98.